The molecule has 0 N–H and O–H groups in total. The Morgan fingerprint density at radius 3 is 2.29 bits per heavy atom. The number of benzene rings is 1. The van der Waals surface area contributed by atoms with E-state index in [1.807, 2.05) is 35.9 Å². The lowest BCUT2D eigenvalue weighted by Crippen LogP contribution is -2.31. The Balaban J connectivity index is 2.27. The number of aryl methyl sites for hydroxylation is 1. The maximum Gasteiger partial charge on any atom is 0.243 e. The molecule has 3 nitrogen and oxygen atoms in total. The predicted octanol–water partition coefficient (Wildman–Crippen LogP) is 3.91. The normalized spacial score (nSPS) is 12.0. The molecule has 0 saturated carbocycles. The summed E-state index contributed by atoms with van der Waals surface area (Å²) in [6, 6.07) is 9.18. The van der Waals surface area contributed by atoms with Gasteiger partial charge in [-0.2, -0.15) is 15.6 Å². The van der Waals surface area contributed by atoms with Gasteiger partial charge in [-0.3, -0.25) is 0 Å². The van der Waals surface area contributed by atoms with Crippen molar-refractivity contribution in [3.8, 4) is 0 Å². The molecule has 5 heteroatoms. The van der Waals surface area contributed by atoms with Gasteiger partial charge in [-0.05, 0) is 52.9 Å². The van der Waals surface area contributed by atoms with E-state index in [0.29, 0.717) is 18.0 Å². The van der Waals surface area contributed by atoms with Crippen LogP contribution in [0.3, 0.4) is 0 Å². The van der Waals surface area contributed by atoms with Gasteiger partial charge >= 0.3 is 0 Å². The van der Waals surface area contributed by atoms with E-state index in [1.165, 1.54) is 0 Å². The van der Waals surface area contributed by atoms with Gasteiger partial charge in [0.15, 0.2) is 0 Å². The van der Waals surface area contributed by atoms with Crippen LogP contribution < -0.4 is 0 Å². The first-order valence-corrected chi connectivity index (χ1v) is 9.56. The van der Waals surface area contributed by atoms with E-state index in [4.69, 9.17) is 0 Å². The molecule has 0 spiro atoms. The summed E-state index contributed by atoms with van der Waals surface area (Å²) in [5.74, 6) is 0. The largest absolute Gasteiger partial charge is 0.243 e. The summed E-state index contributed by atoms with van der Waals surface area (Å²) < 4.78 is 27.1. The molecule has 0 aliphatic rings. The topological polar surface area (TPSA) is 37.4 Å². The molecule has 2 rings (SSSR count). The first kappa shape index (κ1) is 16.2. The number of hydrogen-bond donors (Lipinski definition) is 0. The number of thiophene rings is 1. The summed E-state index contributed by atoms with van der Waals surface area (Å²) in [5.41, 5.74) is 2.19. The molecule has 0 bridgehead atoms. The summed E-state index contributed by atoms with van der Waals surface area (Å²) in [6.45, 7) is 5.03. The van der Waals surface area contributed by atoms with Crippen LogP contribution in [0.1, 0.15) is 31.4 Å². The second-order valence-corrected chi connectivity index (χ2v) is 7.69. The van der Waals surface area contributed by atoms with Crippen LogP contribution in [0.25, 0.3) is 0 Å². The van der Waals surface area contributed by atoms with Crippen LogP contribution in [0.4, 0.5) is 0 Å². The van der Waals surface area contributed by atoms with E-state index >= 15 is 0 Å². The number of nitrogens with zero attached hydrogens (tertiary/aromatic N) is 1. The Kier molecular flexibility index (Phi) is 5.56. The van der Waals surface area contributed by atoms with Crippen molar-refractivity contribution < 1.29 is 8.42 Å². The Bertz CT molecular complexity index is 646. The summed E-state index contributed by atoms with van der Waals surface area (Å²) in [4.78, 5) is 0.378. The average molecular weight is 323 g/mol. The minimum Gasteiger partial charge on any atom is -0.207 e. The zero-order valence-electron chi connectivity index (χ0n) is 12.5. The fourth-order valence-electron chi connectivity index (χ4n) is 2.17. The van der Waals surface area contributed by atoms with E-state index < -0.39 is 10.0 Å². The smallest absolute Gasteiger partial charge is 0.207 e. The SMILES string of the molecule is CCCN(Cc1ccsc1)S(=O)(=O)c1ccc(CC)cc1. The second-order valence-electron chi connectivity index (χ2n) is 4.97. The molecule has 0 saturated heterocycles. The molecule has 0 fully saturated rings. The Hall–Kier alpha value is -1.17. The molecule has 0 aliphatic carbocycles. The maximum atomic E-state index is 12.8. The van der Waals surface area contributed by atoms with Gasteiger partial charge in [0.05, 0.1) is 4.90 Å². The minimum atomic E-state index is -3.43. The van der Waals surface area contributed by atoms with Crippen molar-refractivity contribution in [1.29, 1.82) is 0 Å². The van der Waals surface area contributed by atoms with Crippen LogP contribution in [0.15, 0.2) is 46.0 Å². The van der Waals surface area contributed by atoms with Crippen LogP contribution in [-0.2, 0) is 23.0 Å². The van der Waals surface area contributed by atoms with Crippen molar-refractivity contribution in [2.24, 2.45) is 0 Å². The van der Waals surface area contributed by atoms with Gasteiger partial charge in [-0.25, -0.2) is 8.42 Å². The average Bonchev–Trinajstić information content (AvgIpc) is 3.00. The zero-order chi connectivity index (χ0) is 15.3. The summed E-state index contributed by atoms with van der Waals surface area (Å²) in [6.07, 6.45) is 1.71. The van der Waals surface area contributed by atoms with E-state index in [-0.39, 0.29) is 0 Å². The lowest BCUT2D eigenvalue weighted by molar-refractivity contribution is 0.406. The third-order valence-electron chi connectivity index (χ3n) is 3.38. The molecular weight excluding hydrogens is 302 g/mol. The molecule has 2 aromatic rings. The highest BCUT2D eigenvalue weighted by molar-refractivity contribution is 7.89. The standard InChI is InChI=1S/C16H21NO2S2/c1-3-10-17(12-15-9-11-20-13-15)21(18,19)16-7-5-14(4-2)6-8-16/h5-9,11,13H,3-4,10,12H2,1-2H3. The fraction of sp³-hybridized carbons (Fsp3) is 0.375. The molecule has 0 radical (unpaired) electrons. The lowest BCUT2D eigenvalue weighted by atomic mass is 10.2. The number of hydrogen-bond acceptors (Lipinski definition) is 3. The molecule has 0 unspecified atom stereocenters. The molecule has 0 amide bonds. The van der Waals surface area contributed by atoms with Crippen LogP contribution in [0.2, 0.25) is 0 Å². The van der Waals surface area contributed by atoms with Crippen molar-refractivity contribution >= 4 is 21.4 Å². The first-order valence-electron chi connectivity index (χ1n) is 7.18. The number of sulfonamides is 1. The van der Waals surface area contributed by atoms with Crippen LogP contribution >= 0.6 is 11.3 Å². The molecule has 114 valence electrons. The highest BCUT2D eigenvalue weighted by atomic mass is 32.2. The predicted molar refractivity (Wildman–Crippen MR) is 88.0 cm³/mol. The summed E-state index contributed by atoms with van der Waals surface area (Å²) in [7, 11) is -3.43. The second kappa shape index (κ2) is 7.20. The molecule has 1 heterocycles. The van der Waals surface area contributed by atoms with Gasteiger partial charge in [-0.1, -0.05) is 26.0 Å². The first-order chi connectivity index (χ1) is 10.1. The van der Waals surface area contributed by atoms with Gasteiger partial charge < -0.3 is 0 Å². The Morgan fingerprint density at radius 1 is 1.05 bits per heavy atom. The highest BCUT2D eigenvalue weighted by Crippen LogP contribution is 2.20. The fourth-order valence-corrected chi connectivity index (χ4v) is 4.35. The maximum absolute atomic E-state index is 12.8. The van der Waals surface area contributed by atoms with Crippen molar-refractivity contribution in [2.45, 2.75) is 38.1 Å². The van der Waals surface area contributed by atoms with Gasteiger partial charge in [0.25, 0.3) is 0 Å². The molecular formula is C16H21NO2S2. The zero-order valence-corrected chi connectivity index (χ0v) is 14.1. The van der Waals surface area contributed by atoms with Gasteiger partial charge in [0, 0.05) is 13.1 Å². The van der Waals surface area contributed by atoms with E-state index in [1.54, 1.807) is 27.8 Å². The van der Waals surface area contributed by atoms with Crippen LogP contribution in [0, 0.1) is 0 Å². The quantitative estimate of drug-likeness (QED) is 0.774. The summed E-state index contributed by atoms with van der Waals surface area (Å²) in [5, 5.41) is 3.97. The van der Waals surface area contributed by atoms with E-state index in [2.05, 4.69) is 6.92 Å². The highest BCUT2D eigenvalue weighted by Gasteiger charge is 2.23. The molecule has 0 atom stereocenters. The minimum absolute atomic E-state index is 0.378. The Labute approximate surface area is 131 Å². The number of rotatable bonds is 7. The van der Waals surface area contributed by atoms with Crippen molar-refractivity contribution in [3.05, 3.63) is 52.2 Å². The summed E-state index contributed by atoms with van der Waals surface area (Å²) >= 11 is 1.59. The third-order valence-corrected chi connectivity index (χ3v) is 5.97. The van der Waals surface area contributed by atoms with Crippen molar-refractivity contribution in [2.75, 3.05) is 6.54 Å². The molecule has 1 aromatic carbocycles. The van der Waals surface area contributed by atoms with Crippen LogP contribution in [-0.4, -0.2) is 19.3 Å². The monoisotopic (exact) mass is 323 g/mol. The molecule has 21 heavy (non-hydrogen) atoms. The van der Waals surface area contributed by atoms with Crippen LogP contribution in [0.5, 0.6) is 0 Å². The Morgan fingerprint density at radius 2 is 1.76 bits per heavy atom. The molecule has 1 aromatic heterocycles. The van der Waals surface area contributed by atoms with E-state index in [9.17, 15) is 8.42 Å². The van der Waals surface area contributed by atoms with Gasteiger partial charge in [0.1, 0.15) is 0 Å². The molecule has 0 aliphatic heterocycles. The lowest BCUT2D eigenvalue weighted by Gasteiger charge is -2.21. The van der Waals surface area contributed by atoms with E-state index in [0.717, 1.165) is 24.0 Å². The van der Waals surface area contributed by atoms with Gasteiger partial charge in [-0.15, -0.1) is 0 Å². The van der Waals surface area contributed by atoms with Gasteiger partial charge in [0.2, 0.25) is 10.0 Å². The van der Waals surface area contributed by atoms with Crippen molar-refractivity contribution in [3.63, 3.8) is 0 Å². The third kappa shape index (κ3) is 3.93. The van der Waals surface area contributed by atoms with Crippen molar-refractivity contribution in [1.82, 2.24) is 4.31 Å².